The first-order valence-corrected chi connectivity index (χ1v) is 9.45. The Balaban J connectivity index is 5.14. The van der Waals surface area contributed by atoms with E-state index in [1.165, 1.54) is 11.6 Å². The Morgan fingerprint density at radius 3 is 2.19 bits per heavy atom. The Hall–Kier alpha value is -0.763. The van der Waals surface area contributed by atoms with Gasteiger partial charge in [-0.1, -0.05) is 50.8 Å². The number of methoxy groups -OCH3 is 1. The number of allylic oxidation sites excluding steroid dienone is 4. The van der Waals surface area contributed by atoms with Gasteiger partial charge in [0, 0.05) is 0 Å². The zero-order valence-corrected chi connectivity index (χ0v) is 12.7. The molecule has 0 saturated heterocycles. The van der Waals surface area contributed by atoms with Gasteiger partial charge in [0.25, 0.3) is 0 Å². The number of hydrogen-bond acceptors (Lipinski definition) is 1. The van der Waals surface area contributed by atoms with Crippen molar-refractivity contribution in [1.29, 1.82) is 0 Å². The Labute approximate surface area is 102 Å². The summed E-state index contributed by atoms with van der Waals surface area (Å²) < 4.78 is 5.36. The summed E-state index contributed by atoms with van der Waals surface area (Å²) in [6.45, 7) is 15.2. The first kappa shape index (κ1) is 15.2. The lowest BCUT2D eigenvalue weighted by Gasteiger charge is -2.19. The van der Waals surface area contributed by atoms with Gasteiger partial charge in [-0.15, -0.1) is 0 Å². The topological polar surface area (TPSA) is 9.23 Å². The van der Waals surface area contributed by atoms with Gasteiger partial charge in [0.05, 0.1) is 15.2 Å². The van der Waals surface area contributed by atoms with Crippen molar-refractivity contribution >= 4 is 8.07 Å². The average molecular weight is 238 g/mol. The average Bonchev–Trinajstić information content (AvgIpc) is 2.15. The zero-order valence-electron chi connectivity index (χ0n) is 11.7. The maximum atomic E-state index is 5.36. The minimum Gasteiger partial charge on any atom is -0.497 e. The normalized spacial score (nSPS) is 13.9. The van der Waals surface area contributed by atoms with Crippen molar-refractivity contribution in [3.63, 3.8) is 0 Å². The molecular weight excluding hydrogens is 212 g/mol. The molecule has 0 aliphatic rings. The van der Waals surface area contributed by atoms with Gasteiger partial charge in [0.2, 0.25) is 0 Å². The molecule has 0 heterocycles. The van der Waals surface area contributed by atoms with Crippen molar-refractivity contribution in [2.75, 3.05) is 7.11 Å². The van der Waals surface area contributed by atoms with E-state index in [1.807, 2.05) is 6.92 Å². The Bertz CT molecular complexity index is 292. The van der Waals surface area contributed by atoms with Crippen molar-refractivity contribution < 1.29 is 4.74 Å². The van der Waals surface area contributed by atoms with Crippen LogP contribution in [0.15, 0.2) is 35.3 Å². The summed E-state index contributed by atoms with van der Waals surface area (Å²) >= 11 is 0. The molecule has 0 saturated carbocycles. The predicted octanol–water partition coefficient (Wildman–Crippen LogP) is 4.70. The Kier molecular flexibility index (Phi) is 6.42. The summed E-state index contributed by atoms with van der Waals surface area (Å²) in [4.78, 5) is 0. The van der Waals surface area contributed by atoms with E-state index in [0.29, 0.717) is 0 Å². The highest BCUT2D eigenvalue weighted by atomic mass is 28.3. The summed E-state index contributed by atoms with van der Waals surface area (Å²) in [6.07, 6.45) is 6.86. The van der Waals surface area contributed by atoms with Gasteiger partial charge in [0.15, 0.2) is 0 Å². The van der Waals surface area contributed by atoms with Gasteiger partial charge in [-0.25, -0.2) is 0 Å². The van der Waals surface area contributed by atoms with Crippen LogP contribution in [0.2, 0.25) is 19.6 Å². The van der Waals surface area contributed by atoms with E-state index in [-0.39, 0.29) is 0 Å². The number of hydrogen-bond donors (Lipinski definition) is 0. The third-order valence-corrected chi connectivity index (χ3v) is 4.53. The molecular formula is C14H26OSi. The fourth-order valence-electron chi connectivity index (χ4n) is 1.38. The number of rotatable bonds is 6. The van der Waals surface area contributed by atoms with Crippen LogP contribution >= 0.6 is 0 Å². The second kappa shape index (κ2) is 6.74. The molecule has 0 aliphatic carbocycles. The summed E-state index contributed by atoms with van der Waals surface area (Å²) in [5.74, 6) is 0.907. The molecule has 0 aromatic heterocycles. The Morgan fingerprint density at radius 2 is 1.88 bits per heavy atom. The Morgan fingerprint density at radius 1 is 1.31 bits per heavy atom. The van der Waals surface area contributed by atoms with Crippen LogP contribution in [-0.4, -0.2) is 15.2 Å². The third kappa shape index (κ3) is 5.36. The second-order valence-electron chi connectivity index (χ2n) is 5.19. The van der Waals surface area contributed by atoms with Crippen LogP contribution in [0.25, 0.3) is 0 Å². The number of unbranched alkanes of at least 4 members (excludes halogenated alkanes) is 1. The van der Waals surface area contributed by atoms with E-state index >= 15 is 0 Å². The van der Waals surface area contributed by atoms with Crippen LogP contribution in [0.3, 0.4) is 0 Å². The van der Waals surface area contributed by atoms with Crippen molar-refractivity contribution in [2.45, 2.75) is 46.3 Å². The van der Waals surface area contributed by atoms with E-state index in [1.54, 1.807) is 7.11 Å². The highest BCUT2D eigenvalue weighted by molar-refractivity contribution is 6.83. The van der Waals surface area contributed by atoms with Gasteiger partial charge >= 0.3 is 0 Å². The van der Waals surface area contributed by atoms with Gasteiger partial charge in [-0.05, 0) is 25.0 Å². The minimum absolute atomic E-state index is 0.907. The molecule has 0 radical (unpaired) electrons. The fraction of sp³-hybridized carbons (Fsp3) is 0.571. The fourth-order valence-corrected chi connectivity index (χ4v) is 2.70. The molecule has 0 bridgehead atoms. The van der Waals surface area contributed by atoms with E-state index in [4.69, 9.17) is 4.74 Å². The molecule has 0 rings (SSSR count). The predicted molar refractivity (Wildman–Crippen MR) is 76.2 cm³/mol. The minimum atomic E-state index is -1.29. The van der Waals surface area contributed by atoms with Crippen LogP contribution in [0, 0.1) is 0 Å². The summed E-state index contributed by atoms with van der Waals surface area (Å²) in [5.41, 5.74) is 0.989. The van der Waals surface area contributed by atoms with Crippen molar-refractivity contribution in [3.8, 4) is 0 Å². The molecule has 0 spiro atoms. The second-order valence-corrected chi connectivity index (χ2v) is 10.3. The molecule has 0 unspecified atom stereocenters. The highest BCUT2D eigenvalue weighted by Crippen LogP contribution is 2.21. The first-order valence-electron chi connectivity index (χ1n) is 5.95. The van der Waals surface area contributed by atoms with Gasteiger partial charge in [-0.3, -0.25) is 0 Å². The molecule has 0 fully saturated rings. The molecule has 0 aliphatic heterocycles. The maximum absolute atomic E-state index is 5.36. The molecule has 1 nitrogen and oxygen atoms in total. The highest BCUT2D eigenvalue weighted by Gasteiger charge is 2.18. The third-order valence-electron chi connectivity index (χ3n) is 2.45. The van der Waals surface area contributed by atoms with E-state index in [0.717, 1.165) is 17.8 Å². The van der Waals surface area contributed by atoms with Gasteiger partial charge < -0.3 is 4.74 Å². The van der Waals surface area contributed by atoms with E-state index in [9.17, 15) is 0 Å². The zero-order chi connectivity index (χ0) is 12.8. The molecule has 0 atom stereocenters. The molecule has 16 heavy (non-hydrogen) atoms. The first-order chi connectivity index (χ1) is 7.32. The molecule has 92 valence electrons. The van der Waals surface area contributed by atoms with Crippen LogP contribution in [0.1, 0.15) is 26.7 Å². The molecule has 0 N–H and O–H groups in total. The monoisotopic (exact) mass is 238 g/mol. The standard InChI is InChI=1S/C14H26OSi/c1-8-9-10-13(16(5,6)7)11-14(15-4)12(2)3/h10-11H,2,8-9H2,1,3-7H3/b13-10+,14-11+. The molecule has 0 aromatic rings. The molecule has 0 aromatic carbocycles. The smallest absolute Gasteiger partial charge is 0.121 e. The maximum Gasteiger partial charge on any atom is 0.121 e. The number of ether oxygens (including phenoxy) is 1. The summed E-state index contributed by atoms with van der Waals surface area (Å²) in [6, 6.07) is 0. The van der Waals surface area contributed by atoms with Crippen molar-refractivity contribution in [1.82, 2.24) is 0 Å². The quantitative estimate of drug-likeness (QED) is 0.370. The largest absolute Gasteiger partial charge is 0.497 e. The van der Waals surface area contributed by atoms with Crippen molar-refractivity contribution in [2.24, 2.45) is 0 Å². The van der Waals surface area contributed by atoms with Crippen LogP contribution in [0.5, 0.6) is 0 Å². The van der Waals surface area contributed by atoms with Gasteiger partial charge in [-0.2, -0.15) is 0 Å². The SMILES string of the molecule is C=C(C)/C(=C\C(=C/CCC)[Si](C)(C)C)OC. The molecule has 2 heteroatoms. The summed E-state index contributed by atoms with van der Waals surface area (Å²) in [5, 5.41) is 1.45. The van der Waals surface area contributed by atoms with Crippen LogP contribution in [0.4, 0.5) is 0 Å². The van der Waals surface area contributed by atoms with Crippen molar-refractivity contribution in [3.05, 3.63) is 35.3 Å². The lowest BCUT2D eigenvalue weighted by molar-refractivity contribution is 0.301. The van der Waals surface area contributed by atoms with E-state index < -0.39 is 8.07 Å². The summed E-state index contributed by atoms with van der Waals surface area (Å²) in [7, 11) is 0.425. The van der Waals surface area contributed by atoms with Gasteiger partial charge in [0.1, 0.15) is 5.76 Å². The van der Waals surface area contributed by atoms with Crippen LogP contribution < -0.4 is 0 Å². The lowest BCUT2D eigenvalue weighted by Crippen LogP contribution is -2.23. The van der Waals surface area contributed by atoms with E-state index in [2.05, 4.69) is 45.3 Å². The lowest BCUT2D eigenvalue weighted by atomic mass is 10.2. The van der Waals surface area contributed by atoms with Crippen LogP contribution in [-0.2, 0) is 4.74 Å². The molecule has 0 amide bonds.